The summed E-state index contributed by atoms with van der Waals surface area (Å²) in [7, 11) is 1.71. The molecule has 0 aliphatic heterocycles. The number of hydrogen-bond donors (Lipinski definition) is 0. The standard InChI is InChI=1S/C11H14O2/c1-13-9-5-6-10-8(7-9)3-2-4-11(10)12/h6-7,9H,2-5H2,1H3. The number of allylic oxidation sites excluding steroid dienone is 2. The first kappa shape index (κ1) is 8.70. The van der Waals surface area contributed by atoms with Gasteiger partial charge in [-0.3, -0.25) is 4.79 Å². The fraction of sp³-hybridized carbons (Fsp3) is 0.545. The number of carbonyl (C=O) groups is 1. The van der Waals surface area contributed by atoms with Gasteiger partial charge in [0.15, 0.2) is 5.78 Å². The van der Waals surface area contributed by atoms with E-state index in [0.29, 0.717) is 5.78 Å². The Labute approximate surface area is 78.3 Å². The lowest BCUT2D eigenvalue weighted by molar-refractivity contribution is -0.115. The van der Waals surface area contributed by atoms with Gasteiger partial charge in [-0.15, -0.1) is 0 Å². The molecule has 2 aliphatic rings. The number of carbonyl (C=O) groups excluding carboxylic acids is 1. The Morgan fingerprint density at radius 2 is 2.31 bits per heavy atom. The number of hydrogen-bond acceptors (Lipinski definition) is 2. The summed E-state index contributed by atoms with van der Waals surface area (Å²) < 4.78 is 5.24. The second-order valence-corrected chi connectivity index (χ2v) is 3.60. The Morgan fingerprint density at radius 3 is 3.08 bits per heavy atom. The Hall–Kier alpha value is -0.890. The van der Waals surface area contributed by atoms with E-state index in [1.54, 1.807) is 7.11 Å². The predicted molar refractivity (Wildman–Crippen MR) is 50.4 cm³/mol. The van der Waals surface area contributed by atoms with Crippen LogP contribution in [-0.4, -0.2) is 19.0 Å². The summed E-state index contributed by atoms with van der Waals surface area (Å²) in [5.74, 6) is 0.312. The minimum atomic E-state index is 0.185. The van der Waals surface area contributed by atoms with Crippen LogP contribution in [-0.2, 0) is 9.53 Å². The van der Waals surface area contributed by atoms with Gasteiger partial charge in [-0.05, 0) is 24.8 Å². The van der Waals surface area contributed by atoms with Crippen LogP contribution in [0.15, 0.2) is 23.3 Å². The molecule has 0 aromatic heterocycles. The highest BCUT2D eigenvalue weighted by Crippen LogP contribution is 2.30. The van der Waals surface area contributed by atoms with Gasteiger partial charge in [0.05, 0.1) is 6.10 Å². The van der Waals surface area contributed by atoms with E-state index in [4.69, 9.17) is 4.74 Å². The average Bonchev–Trinajstić information content (AvgIpc) is 2.18. The molecule has 1 atom stereocenters. The molecule has 0 heterocycles. The minimum Gasteiger partial charge on any atom is -0.377 e. The van der Waals surface area contributed by atoms with Gasteiger partial charge >= 0.3 is 0 Å². The SMILES string of the molecule is COC1C=C2CCCC(=O)C2=CC1. The number of ketones is 1. The van der Waals surface area contributed by atoms with Crippen molar-refractivity contribution in [2.45, 2.75) is 31.8 Å². The second kappa shape index (κ2) is 3.46. The van der Waals surface area contributed by atoms with Gasteiger partial charge in [0.2, 0.25) is 0 Å². The van der Waals surface area contributed by atoms with Crippen LogP contribution in [0.3, 0.4) is 0 Å². The smallest absolute Gasteiger partial charge is 0.162 e. The molecule has 0 aromatic rings. The first-order chi connectivity index (χ1) is 6.31. The molecule has 0 N–H and O–H groups in total. The second-order valence-electron chi connectivity index (χ2n) is 3.60. The van der Waals surface area contributed by atoms with Crippen LogP contribution in [0, 0.1) is 0 Å². The number of methoxy groups -OCH3 is 1. The third-order valence-electron chi connectivity index (χ3n) is 2.74. The largest absolute Gasteiger partial charge is 0.377 e. The number of fused-ring (bicyclic) bond motifs is 1. The molecule has 0 radical (unpaired) electrons. The fourth-order valence-electron chi connectivity index (χ4n) is 2.00. The molecule has 2 heteroatoms. The van der Waals surface area contributed by atoms with Crippen molar-refractivity contribution in [3.63, 3.8) is 0 Å². The molecule has 2 nitrogen and oxygen atoms in total. The van der Waals surface area contributed by atoms with Crippen LogP contribution in [0.4, 0.5) is 0 Å². The van der Waals surface area contributed by atoms with Gasteiger partial charge in [-0.25, -0.2) is 0 Å². The quantitative estimate of drug-likeness (QED) is 0.614. The zero-order chi connectivity index (χ0) is 9.26. The molecule has 0 saturated heterocycles. The van der Waals surface area contributed by atoms with E-state index in [1.807, 2.05) is 6.08 Å². The molecule has 0 amide bonds. The summed E-state index contributed by atoms with van der Waals surface area (Å²) in [6.45, 7) is 0. The molecular formula is C11H14O2. The summed E-state index contributed by atoms with van der Waals surface area (Å²) in [6.07, 6.45) is 7.93. The van der Waals surface area contributed by atoms with E-state index in [9.17, 15) is 4.79 Å². The first-order valence-electron chi connectivity index (χ1n) is 4.78. The van der Waals surface area contributed by atoms with Gasteiger partial charge in [0.1, 0.15) is 0 Å². The van der Waals surface area contributed by atoms with Gasteiger partial charge in [-0.2, -0.15) is 0 Å². The van der Waals surface area contributed by atoms with Gasteiger partial charge < -0.3 is 4.74 Å². The van der Waals surface area contributed by atoms with Crippen LogP contribution < -0.4 is 0 Å². The summed E-state index contributed by atoms with van der Waals surface area (Å²) in [5, 5.41) is 0. The van der Waals surface area contributed by atoms with Gasteiger partial charge in [0, 0.05) is 19.1 Å². The number of ether oxygens (including phenoxy) is 1. The third-order valence-corrected chi connectivity index (χ3v) is 2.74. The third kappa shape index (κ3) is 1.59. The summed E-state index contributed by atoms with van der Waals surface area (Å²) >= 11 is 0. The highest BCUT2D eigenvalue weighted by atomic mass is 16.5. The minimum absolute atomic E-state index is 0.185. The maximum atomic E-state index is 11.5. The van der Waals surface area contributed by atoms with Crippen LogP contribution in [0.5, 0.6) is 0 Å². The maximum absolute atomic E-state index is 11.5. The Kier molecular flexibility index (Phi) is 2.32. The summed E-state index contributed by atoms with van der Waals surface area (Å²) in [5.41, 5.74) is 2.16. The molecular weight excluding hydrogens is 164 g/mol. The van der Waals surface area contributed by atoms with E-state index in [0.717, 1.165) is 31.3 Å². The van der Waals surface area contributed by atoms with Crippen molar-refractivity contribution in [2.75, 3.05) is 7.11 Å². The van der Waals surface area contributed by atoms with Crippen molar-refractivity contribution in [3.8, 4) is 0 Å². The average molecular weight is 178 g/mol. The van der Waals surface area contributed by atoms with Crippen molar-refractivity contribution in [1.82, 2.24) is 0 Å². The van der Waals surface area contributed by atoms with E-state index in [2.05, 4.69) is 6.08 Å². The lowest BCUT2D eigenvalue weighted by Crippen LogP contribution is -2.19. The van der Waals surface area contributed by atoms with E-state index < -0.39 is 0 Å². The van der Waals surface area contributed by atoms with Crippen molar-refractivity contribution in [2.24, 2.45) is 0 Å². The molecule has 1 fully saturated rings. The number of Topliss-reactive ketones (excluding diaryl/α,β-unsaturated/α-hetero) is 1. The Bertz CT molecular complexity index is 286. The molecule has 2 aliphatic carbocycles. The molecule has 2 rings (SSSR count). The molecule has 1 saturated carbocycles. The Balaban J connectivity index is 2.23. The van der Waals surface area contributed by atoms with Crippen molar-refractivity contribution >= 4 is 5.78 Å². The van der Waals surface area contributed by atoms with Crippen LogP contribution in [0.2, 0.25) is 0 Å². The van der Waals surface area contributed by atoms with E-state index in [-0.39, 0.29) is 6.10 Å². The fourth-order valence-corrected chi connectivity index (χ4v) is 2.00. The molecule has 13 heavy (non-hydrogen) atoms. The van der Waals surface area contributed by atoms with Crippen LogP contribution in [0.25, 0.3) is 0 Å². The summed E-state index contributed by atoms with van der Waals surface area (Å²) in [6, 6.07) is 0. The predicted octanol–water partition coefficient (Wildman–Crippen LogP) is 2.01. The topological polar surface area (TPSA) is 26.3 Å². The molecule has 1 unspecified atom stereocenters. The first-order valence-corrected chi connectivity index (χ1v) is 4.78. The van der Waals surface area contributed by atoms with E-state index in [1.165, 1.54) is 5.57 Å². The normalized spacial score (nSPS) is 27.8. The zero-order valence-corrected chi connectivity index (χ0v) is 7.88. The number of rotatable bonds is 1. The van der Waals surface area contributed by atoms with Crippen LogP contribution in [0.1, 0.15) is 25.7 Å². The lowest BCUT2D eigenvalue weighted by Gasteiger charge is -2.23. The van der Waals surface area contributed by atoms with Gasteiger partial charge in [0.25, 0.3) is 0 Å². The van der Waals surface area contributed by atoms with E-state index >= 15 is 0 Å². The molecule has 0 aromatic carbocycles. The zero-order valence-electron chi connectivity index (χ0n) is 7.88. The highest BCUT2D eigenvalue weighted by molar-refractivity contribution is 6.00. The van der Waals surface area contributed by atoms with Crippen molar-refractivity contribution < 1.29 is 9.53 Å². The highest BCUT2D eigenvalue weighted by Gasteiger charge is 2.23. The van der Waals surface area contributed by atoms with Crippen molar-refractivity contribution in [3.05, 3.63) is 23.3 Å². The maximum Gasteiger partial charge on any atom is 0.162 e. The summed E-state index contributed by atoms with van der Waals surface area (Å²) in [4.78, 5) is 11.5. The molecule has 0 bridgehead atoms. The van der Waals surface area contributed by atoms with Crippen LogP contribution >= 0.6 is 0 Å². The molecule has 70 valence electrons. The Morgan fingerprint density at radius 1 is 1.46 bits per heavy atom. The monoisotopic (exact) mass is 178 g/mol. The lowest BCUT2D eigenvalue weighted by atomic mass is 9.84. The van der Waals surface area contributed by atoms with Crippen molar-refractivity contribution in [1.29, 1.82) is 0 Å². The van der Waals surface area contributed by atoms with Gasteiger partial charge in [-0.1, -0.05) is 12.2 Å². The molecule has 0 spiro atoms.